The first-order valence-electron chi connectivity index (χ1n) is 7.52. The Morgan fingerprint density at radius 2 is 1.78 bits per heavy atom. The van der Waals surface area contributed by atoms with Crippen molar-refractivity contribution in [2.24, 2.45) is 0 Å². The van der Waals surface area contributed by atoms with E-state index in [1.165, 1.54) is 0 Å². The highest BCUT2D eigenvalue weighted by Gasteiger charge is 2.07. The molecule has 0 spiro atoms. The van der Waals surface area contributed by atoms with Gasteiger partial charge in [-0.3, -0.25) is 4.90 Å². The van der Waals surface area contributed by atoms with Crippen LogP contribution in [0.25, 0.3) is 5.69 Å². The number of rotatable bonds is 5. The molecule has 3 rings (SSSR count). The SMILES string of the molecule is CN(Cc1cnn(-c2ccccc2)c1)Cc1ccccc1C#N. The van der Waals surface area contributed by atoms with Crippen LogP contribution in [0.5, 0.6) is 0 Å². The molecule has 3 aromatic rings. The lowest BCUT2D eigenvalue weighted by Gasteiger charge is -2.16. The van der Waals surface area contributed by atoms with Crippen LogP contribution in [-0.2, 0) is 13.1 Å². The molecule has 4 heteroatoms. The van der Waals surface area contributed by atoms with Gasteiger partial charge in [-0.05, 0) is 30.8 Å². The van der Waals surface area contributed by atoms with Gasteiger partial charge in [0.15, 0.2) is 0 Å². The monoisotopic (exact) mass is 302 g/mol. The highest BCUT2D eigenvalue weighted by atomic mass is 15.3. The number of nitrogens with zero attached hydrogens (tertiary/aromatic N) is 4. The van der Waals surface area contributed by atoms with Crippen molar-refractivity contribution in [3.05, 3.63) is 83.7 Å². The van der Waals surface area contributed by atoms with Crippen LogP contribution in [0.1, 0.15) is 16.7 Å². The van der Waals surface area contributed by atoms with Gasteiger partial charge in [0.05, 0.1) is 23.5 Å². The highest BCUT2D eigenvalue weighted by Crippen LogP contribution is 2.13. The van der Waals surface area contributed by atoms with Crippen molar-refractivity contribution in [3.8, 4) is 11.8 Å². The van der Waals surface area contributed by atoms with Crippen LogP contribution in [-0.4, -0.2) is 21.7 Å². The van der Waals surface area contributed by atoms with Crippen molar-refractivity contribution in [2.75, 3.05) is 7.05 Å². The molecule has 0 aliphatic carbocycles. The molecule has 0 aliphatic rings. The van der Waals surface area contributed by atoms with Crippen LogP contribution in [0.3, 0.4) is 0 Å². The Bertz CT molecular complexity index is 815. The van der Waals surface area contributed by atoms with Crippen LogP contribution in [0.2, 0.25) is 0 Å². The second-order valence-electron chi connectivity index (χ2n) is 5.57. The van der Waals surface area contributed by atoms with Gasteiger partial charge in [0.2, 0.25) is 0 Å². The average molecular weight is 302 g/mol. The number of nitriles is 1. The van der Waals surface area contributed by atoms with E-state index in [-0.39, 0.29) is 0 Å². The van der Waals surface area contributed by atoms with Gasteiger partial charge in [-0.25, -0.2) is 4.68 Å². The maximum atomic E-state index is 9.17. The number of benzene rings is 2. The van der Waals surface area contributed by atoms with Crippen molar-refractivity contribution in [1.29, 1.82) is 5.26 Å². The second kappa shape index (κ2) is 6.91. The lowest BCUT2D eigenvalue weighted by atomic mass is 10.1. The molecular formula is C19H18N4. The normalized spacial score (nSPS) is 10.7. The Morgan fingerprint density at radius 3 is 2.57 bits per heavy atom. The van der Waals surface area contributed by atoms with Gasteiger partial charge in [0.1, 0.15) is 0 Å². The smallest absolute Gasteiger partial charge is 0.0995 e. The van der Waals surface area contributed by atoms with Crippen LogP contribution >= 0.6 is 0 Å². The molecule has 114 valence electrons. The van der Waals surface area contributed by atoms with Crippen LogP contribution in [0.4, 0.5) is 0 Å². The highest BCUT2D eigenvalue weighted by molar-refractivity contribution is 5.37. The van der Waals surface area contributed by atoms with Gasteiger partial charge in [-0.2, -0.15) is 10.4 Å². The van der Waals surface area contributed by atoms with Gasteiger partial charge in [-0.1, -0.05) is 36.4 Å². The summed E-state index contributed by atoms with van der Waals surface area (Å²) in [6.45, 7) is 1.52. The molecule has 0 bridgehead atoms. The summed E-state index contributed by atoms with van der Waals surface area (Å²) in [5.74, 6) is 0. The summed E-state index contributed by atoms with van der Waals surface area (Å²) in [6.07, 6.45) is 3.93. The summed E-state index contributed by atoms with van der Waals surface area (Å²) in [5.41, 5.74) is 3.98. The fourth-order valence-electron chi connectivity index (χ4n) is 2.59. The summed E-state index contributed by atoms with van der Waals surface area (Å²) in [6, 6.07) is 20.0. The van der Waals surface area contributed by atoms with Gasteiger partial charge >= 0.3 is 0 Å². The number of para-hydroxylation sites is 1. The summed E-state index contributed by atoms with van der Waals surface area (Å²) in [7, 11) is 2.05. The third-order valence-electron chi connectivity index (χ3n) is 3.69. The minimum absolute atomic E-state index is 0.735. The van der Waals surface area contributed by atoms with E-state index < -0.39 is 0 Å². The van der Waals surface area contributed by atoms with E-state index in [9.17, 15) is 0 Å². The summed E-state index contributed by atoms with van der Waals surface area (Å²) >= 11 is 0. The second-order valence-corrected chi connectivity index (χ2v) is 5.57. The molecule has 0 saturated carbocycles. The predicted octanol–water partition coefficient (Wildman–Crippen LogP) is 3.38. The molecule has 2 aromatic carbocycles. The van der Waals surface area contributed by atoms with E-state index in [0.717, 1.165) is 35.5 Å². The molecule has 0 N–H and O–H groups in total. The minimum atomic E-state index is 0.735. The van der Waals surface area contributed by atoms with E-state index >= 15 is 0 Å². The van der Waals surface area contributed by atoms with Gasteiger partial charge in [0.25, 0.3) is 0 Å². The maximum absolute atomic E-state index is 9.17. The number of hydrogen-bond donors (Lipinski definition) is 0. The standard InChI is InChI=1S/C19H18N4/c1-22(15-18-8-6-5-7-17(18)11-20)13-16-12-21-23(14-16)19-9-3-2-4-10-19/h2-10,12,14H,13,15H2,1H3. The lowest BCUT2D eigenvalue weighted by Crippen LogP contribution is -2.17. The molecule has 1 aromatic heterocycles. The molecule has 0 radical (unpaired) electrons. The zero-order valence-corrected chi connectivity index (χ0v) is 13.1. The van der Waals surface area contributed by atoms with Crippen molar-refractivity contribution in [2.45, 2.75) is 13.1 Å². The number of hydrogen-bond acceptors (Lipinski definition) is 3. The predicted molar refractivity (Wildman–Crippen MR) is 89.9 cm³/mol. The third kappa shape index (κ3) is 3.65. The van der Waals surface area contributed by atoms with Crippen molar-refractivity contribution >= 4 is 0 Å². The Morgan fingerprint density at radius 1 is 1.04 bits per heavy atom. The summed E-state index contributed by atoms with van der Waals surface area (Å²) < 4.78 is 1.88. The quantitative estimate of drug-likeness (QED) is 0.726. The first-order chi connectivity index (χ1) is 11.3. The van der Waals surface area contributed by atoms with E-state index in [2.05, 4.69) is 16.1 Å². The van der Waals surface area contributed by atoms with Crippen molar-refractivity contribution in [1.82, 2.24) is 14.7 Å². The third-order valence-corrected chi connectivity index (χ3v) is 3.69. The molecule has 0 amide bonds. The molecule has 23 heavy (non-hydrogen) atoms. The topological polar surface area (TPSA) is 44.9 Å². The fraction of sp³-hybridized carbons (Fsp3) is 0.158. The maximum Gasteiger partial charge on any atom is 0.0995 e. The van der Waals surface area contributed by atoms with E-state index in [4.69, 9.17) is 5.26 Å². The molecular weight excluding hydrogens is 284 g/mol. The number of aromatic nitrogens is 2. The van der Waals surface area contributed by atoms with E-state index in [1.807, 2.05) is 78.7 Å². The fourth-order valence-corrected chi connectivity index (χ4v) is 2.59. The first-order valence-corrected chi connectivity index (χ1v) is 7.52. The Kier molecular flexibility index (Phi) is 4.51. The first kappa shape index (κ1) is 15.0. The molecule has 0 atom stereocenters. The minimum Gasteiger partial charge on any atom is -0.298 e. The van der Waals surface area contributed by atoms with Crippen LogP contribution in [0.15, 0.2) is 67.0 Å². The van der Waals surface area contributed by atoms with Crippen LogP contribution < -0.4 is 0 Å². The zero-order valence-electron chi connectivity index (χ0n) is 13.1. The average Bonchev–Trinajstić information content (AvgIpc) is 3.04. The molecule has 0 unspecified atom stereocenters. The van der Waals surface area contributed by atoms with Gasteiger partial charge < -0.3 is 0 Å². The summed E-state index contributed by atoms with van der Waals surface area (Å²) in [4.78, 5) is 2.18. The van der Waals surface area contributed by atoms with Crippen molar-refractivity contribution in [3.63, 3.8) is 0 Å². The van der Waals surface area contributed by atoms with Gasteiger partial charge in [-0.15, -0.1) is 0 Å². The van der Waals surface area contributed by atoms with Crippen LogP contribution in [0, 0.1) is 11.3 Å². The van der Waals surface area contributed by atoms with E-state index in [0.29, 0.717) is 0 Å². The molecule has 1 heterocycles. The summed E-state index contributed by atoms with van der Waals surface area (Å²) in [5, 5.41) is 13.6. The Hall–Kier alpha value is -2.90. The lowest BCUT2D eigenvalue weighted by molar-refractivity contribution is 0.319. The largest absolute Gasteiger partial charge is 0.298 e. The van der Waals surface area contributed by atoms with Crippen molar-refractivity contribution < 1.29 is 0 Å². The van der Waals surface area contributed by atoms with E-state index in [1.54, 1.807) is 0 Å². The molecule has 0 fully saturated rings. The molecule has 0 saturated heterocycles. The molecule has 4 nitrogen and oxygen atoms in total. The molecule has 0 aliphatic heterocycles. The zero-order chi connectivity index (χ0) is 16.1. The Labute approximate surface area is 136 Å². The van der Waals surface area contributed by atoms with Gasteiger partial charge in [0, 0.05) is 24.8 Å². The Balaban J connectivity index is 1.68.